The summed E-state index contributed by atoms with van der Waals surface area (Å²) in [6, 6.07) is 0.566. The quantitative estimate of drug-likeness (QED) is 0.786. The van der Waals surface area contributed by atoms with Gasteiger partial charge in [-0.1, -0.05) is 0 Å². The summed E-state index contributed by atoms with van der Waals surface area (Å²) in [6.07, 6.45) is 1.58. The molecule has 17 heavy (non-hydrogen) atoms. The number of aromatic nitrogens is 2. The van der Waals surface area contributed by atoms with Crippen molar-refractivity contribution in [2.24, 2.45) is 0 Å². The second-order valence-corrected chi connectivity index (χ2v) is 4.45. The molecule has 0 aliphatic heterocycles. The van der Waals surface area contributed by atoms with Crippen LogP contribution in [-0.2, 0) is 0 Å². The van der Waals surface area contributed by atoms with E-state index in [4.69, 9.17) is 0 Å². The molecule has 1 rings (SSSR count). The minimum atomic E-state index is 0.566. The number of nitrogens with one attached hydrogen (secondary N) is 2. The first-order valence-corrected chi connectivity index (χ1v) is 5.99. The van der Waals surface area contributed by atoms with Crippen molar-refractivity contribution in [3.8, 4) is 0 Å². The Bertz CT molecular complexity index is 351. The van der Waals surface area contributed by atoms with Crippen LogP contribution in [0.1, 0.15) is 19.4 Å². The molecule has 2 N–H and O–H groups in total. The van der Waals surface area contributed by atoms with E-state index in [0.717, 1.165) is 30.3 Å². The minimum Gasteiger partial charge on any atom is -0.373 e. The van der Waals surface area contributed by atoms with Crippen LogP contribution in [0.15, 0.2) is 6.33 Å². The van der Waals surface area contributed by atoms with Gasteiger partial charge >= 0.3 is 0 Å². The zero-order valence-corrected chi connectivity index (χ0v) is 11.4. The van der Waals surface area contributed by atoms with Gasteiger partial charge in [-0.15, -0.1) is 0 Å². The fraction of sp³-hybridized carbons (Fsp3) is 0.667. The zero-order valence-electron chi connectivity index (χ0n) is 11.4. The maximum Gasteiger partial charge on any atom is 0.134 e. The Hall–Kier alpha value is -1.36. The summed E-state index contributed by atoms with van der Waals surface area (Å²) in [6.45, 7) is 8.27. The van der Waals surface area contributed by atoms with E-state index in [1.54, 1.807) is 6.33 Å². The Labute approximate surface area is 104 Å². The van der Waals surface area contributed by atoms with Crippen molar-refractivity contribution in [3.05, 3.63) is 11.9 Å². The van der Waals surface area contributed by atoms with Crippen LogP contribution in [0.25, 0.3) is 0 Å². The predicted molar refractivity (Wildman–Crippen MR) is 72.6 cm³/mol. The fourth-order valence-corrected chi connectivity index (χ4v) is 1.49. The lowest BCUT2D eigenvalue weighted by molar-refractivity contribution is 0.284. The highest BCUT2D eigenvalue weighted by molar-refractivity contribution is 5.55. The van der Waals surface area contributed by atoms with Gasteiger partial charge in [0, 0.05) is 31.7 Å². The average molecular weight is 237 g/mol. The first-order valence-electron chi connectivity index (χ1n) is 5.99. The molecule has 5 heteroatoms. The van der Waals surface area contributed by atoms with Gasteiger partial charge in [-0.3, -0.25) is 0 Å². The number of likely N-dealkylation sites (N-methyl/N-ethyl adjacent to an activating group) is 1. The van der Waals surface area contributed by atoms with Gasteiger partial charge < -0.3 is 15.5 Å². The van der Waals surface area contributed by atoms with E-state index in [0.29, 0.717) is 6.04 Å². The summed E-state index contributed by atoms with van der Waals surface area (Å²) in [4.78, 5) is 10.7. The van der Waals surface area contributed by atoms with Crippen LogP contribution in [0.3, 0.4) is 0 Å². The third kappa shape index (κ3) is 3.85. The molecule has 0 amide bonds. The zero-order chi connectivity index (χ0) is 12.8. The fourth-order valence-electron chi connectivity index (χ4n) is 1.49. The van der Waals surface area contributed by atoms with E-state index >= 15 is 0 Å². The van der Waals surface area contributed by atoms with E-state index in [9.17, 15) is 0 Å². The molecule has 1 aromatic heterocycles. The lowest BCUT2D eigenvalue weighted by Crippen LogP contribution is -2.31. The third-order valence-electron chi connectivity index (χ3n) is 2.96. The van der Waals surface area contributed by atoms with Gasteiger partial charge in [-0.2, -0.15) is 0 Å². The molecule has 0 aliphatic carbocycles. The average Bonchev–Trinajstić information content (AvgIpc) is 2.31. The van der Waals surface area contributed by atoms with Gasteiger partial charge in [0.15, 0.2) is 0 Å². The van der Waals surface area contributed by atoms with Crippen molar-refractivity contribution in [2.45, 2.75) is 26.8 Å². The number of hydrogen-bond donors (Lipinski definition) is 2. The first-order chi connectivity index (χ1) is 8.06. The molecule has 1 aromatic rings. The molecular weight excluding hydrogens is 214 g/mol. The molecule has 0 saturated heterocycles. The standard InChI is InChI=1S/C12H23N5/c1-9(2)17(5)7-6-14-12-10(3)11(13-4)15-8-16-12/h8-9H,6-7H2,1-5H3,(H2,13,14,15,16). The van der Waals surface area contributed by atoms with Crippen LogP contribution >= 0.6 is 0 Å². The maximum absolute atomic E-state index is 4.25. The Kier molecular flexibility index (Phi) is 5.15. The van der Waals surface area contributed by atoms with Crippen LogP contribution in [-0.4, -0.2) is 48.1 Å². The van der Waals surface area contributed by atoms with Crippen molar-refractivity contribution in [3.63, 3.8) is 0 Å². The molecular formula is C12H23N5. The summed E-state index contributed by atoms with van der Waals surface area (Å²) in [5.74, 6) is 1.78. The van der Waals surface area contributed by atoms with E-state index in [1.165, 1.54) is 0 Å². The van der Waals surface area contributed by atoms with Crippen LogP contribution in [0.5, 0.6) is 0 Å². The third-order valence-corrected chi connectivity index (χ3v) is 2.96. The van der Waals surface area contributed by atoms with Crippen molar-refractivity contribution in [1.82, 2.24) is 14.9 Å². The molecule has 5 nitrogen and oxygen atoms in total. The summed E-state index contributed by atoms with van der Waals surface area (Å²) < 4.78 is 0. The van der Waals surface area contributed by atoms with Crippen LogP contribution in [0.2, 0.25) is 0 Å². The SMILES string of the molecule is CNc1ncnc(NCCN(C)C(C)C)c1C. The lowest BCUT2D eigenvalue weighted by Gasteiger charge is -2.21. The van der Waals surface area contributed by atoms with Crippen LogP contribution in [0.4, 0.5) is 11.6 Å². The van der Waals surface area contributed by atoms with Gasteiger partial charge in [-0.25, -0.2) is 9.97 Å². The normalized spacial score (nSPS) is 11.0. The van der Waals surface area contributed by atoms with Gasteiger partial charge in [0.25, 0.3) is 0 Å². The summed E-state index contributed by atoms with van der Waals surface area (Å²) in [5.41, 5.74) is 1.06. The maximum atomic E-state index is 4.25. The lowest BCUT2D eigenvalue weighted by atomic mass is 10.3. The molecule has 1 heterocycles. The molecule has 0 radical (unpaired) electrons. The summed E-state index contributed by atoms with van der Waals surface area (Å²) in [7, 11) is 3.99. The van der Waals surface area contributed by atoms with Gasteiger partial charge in [0.05, 0.1) is 0 Å². The van der Waals surface area contributed by atoms with E-state index in [-0.39, 0.29) is 0 Å². The molecule has 0 saturated carbocycles. The summed E-state index contributed by atoms with van der Waals surface area (Å²) in [5, 5.41) is 6.39. The van der Waals surface area contributed by atoms with Crippen LogP contribution in [0, 0.1) is 6.92 Å². The second-order valence-electron chi connectivity index (χ2n) is 4.45. The minimum absolute atomic E-state index is 0.566. The van der Waals surface area contributed by atoms with Crippen molar-refractivity contribution >= 4 is 11.6 Å². The van der Waals surface area contributed by atoms with E-state index in [1.807, 2.05) is 14.0 Å². The Balaban J connectivity index is 2.52. The Morgan fingerprint density at radius 1 is 1.29 bits per heavy atom. The molecule has 0 bridgehead atoms. The molecule has 0 aliphatic rings. The topological polar surface area (TPSA) is 53.1 Å². The number of hydrogen-bond acceptors (Lipinski definition) is 5. The highest BCUT2D eigenvalue weighted by atomic mass is 15.1. The predicted octanol–water partition coefficient (Wildman–Crippen LogP) is 1.58. The first kappa shape index (κ1) is 13.7. The summed E-state index contributed by atoms with van der Waals surface area (Å²) >= 11 is 0. The van der Waals surface area contributed by atoms with Gasteiger partial charge in [0.2, 0.25) is 0 Å². The van der Waals surface area contributed by atoms with E-state index in [2.05, 4.69) is 46.4 Å². The number of rotatable bonds is 6. The highest BCUT2D eigenvalue weighted by Crippen LogP contribution is 2.16. The highest BCUT2D eigenvalue weighted by Gasteiger charge is 2.06. The Morgan fingerprint density at radius 3 is 2.53 bits per heavy atom. The van der Waals surface area contributed by atoms with Crippen molar-refractivity contribution in [2.75, 3.05) is 37.8 Å². The molecule has 0 atom stereocenters. The molecule has 0 aromatic carbocycles. The monoisotopic (exact) mass is 237 g/mol. The number of anilines is 2. The largest absolute Gasteiger partial charge is 0.373 e. The molecule has 96 valence electrons. The molecule has 0 unspecified atom stereocenters. The smallest absolute Gasteiger partial charge is 0.134 e. The van der Waals surface area contributed by atoms with Crippen LogP contribution < -0.4 is 10.6 Å². The molecule has 0 fully saturated rings. The van der Waals surface area contributed by atoms with E-state index < -0.39 is 0 Å². The van der Waals surface area contributed by atoms with Gasteiger partial charge in [0.1, 0.15) is 18.0 Å². The van der Waals surface area contributed by atoms with Gasteiger partial charge in [-0.05, 0) is 27.8 Å². The molecule has 0 spiro atoms. The Morgan fingerprint density at radius 2 is 1.94 bits per heavy atom. The number of nitrogens with zero attached hydrogens (tertiary/aromatic N) is 3. The van der Waals surface area contributed by atoms with Crippen molar-refractivity contribution in [1.29, 1.82) is 0 Å². The van der Waals surface area contributed by atoms with Crippen molar-refractivity contribution < 1.29 is 0 Å². The second kappa shape index (κ2) is 6.39.